The van der Waals surface area contributed by atoms with E-state index in [4.69, 9.17) is 4.74 Å². The SMILES string of the molecule is O=S([O-])CC1(OCc2ccccc2)CCNCC1. The maximum absolute atomic E-state index is 11.0. The van der Waals surface area contributed by atoms with Crippen molar-refractivity contribution in [3.8, 4) is 0 Å². The second-order valence-corrected chi connectivity index (χ2v) is 5.55. The highest BCUT2D eigenvalue weighted by Gasteiger charge is 2.33. The fraction of sp³-hybridized carbons (Fsp3) is 0.538. The second kappa shape index (κ2) is 6.43. The van der Waals surface area contributed by atoms with E-state index < -0.39 is 16.7 Å². The quantitative estimate of drug-likeness (QED) is 0.815. The molecule has 0 aliphatic carbocycles. The lowest BCUT2D eigenvalue weighted by atomic mass is 9.94. The average molecular weight is 268 g/mol. The Balaban J connectivity index is 1.99. The minimum atomic E-state index is -2.06. The van der Waals surface area contributed by atoms with Crippen molar-refractivity contribution in [2.75, 3.05) is 18.8 Å². The molecule has 1 fully saturated rings. The zero-order valence-electron chi connectivity index (χ0n) is 10.3. The first-order valence-electron chi connectivity index (χ1n) is 6.15. The lowest BCUT2D eigenvalue weighted by Crippen LogP contribution is -2.47. The van der Waals surface area contributed by atoms with E-state index in [1.54, 1.807) is 0 Å². The number of ether oxygens (including phenoxy) is 1. The monoisotopic (exact) mass is 268 g/mol. The van der Waals surface area contributed by atoms with Crippen LogP contribution in [0.3, 0.4) is 0 Å². The van der Waals surface area contributed by atoms with Crippen molar-refractivity contribution in [1.82, 2.24) is 5.32 Å². The summed E-state index contributed by atoms with van der Waals surface area (Å²) >= 11 is -2.06. The van der Waals surface area contributed by atoms with Crippen LogP contribution in [0.2, 0.25) is 0 Å². The van der Waals surface area contributed by atoms with Crippen LogP contribution in [0, 0.1) is 0 Å². The zero-order valence-corrected chi connectivity index (χ0v) is 11.1. The summed E-state index contributed by atoms with van der Waals surface area (Å²) < 4.78 is 27.9. The fourth-order valence-corrected chi connectivity index (χ4v) is 3.04. The molecule has 5 heteroatoms. The summed E-state index contributed by atoms with van der Waals surface area (Å²) in [5.74, 6) is 0.0848. The molecule has 1 aliphatic rings. The molecule has 1 aromatic rings. The van der Waals surface area contributed by atoms with Crippen LogP contribution in [0.15, 0.2) is 30.3 Å². The number of nitrogens with one attached hydrogen (secondary N) is 1. The lowest BCUT2D eigenvalue weighted by molar-refractivity contribution is -0.0596. The van der Waals surface area contributed by atoms with Crippen LogP contribution >= 0.6 is 0 Å². The molecule has 1 unspecified atom stereocenters. The Morgan fingerprint density at radius 2 is 1.94 bits per heavy atom. The smallest absolute Gasteiger partial charge is 0.0814 e. The van der Waals surface area contributed by atoms with E-state index >= 15 is 0 Å². The predicted molar refractivity (Wildman–Crippen MR) is 69.9 cm³/mol. The summed E-state index contributed by atoms with van der Waals surface area (Å²) in [5, 5.41) is 3.23. The van der Waals surface area contributed by atoms with Crippen molar-refractivity contribution >= 4 is 11.1 Å². The molecule has 1 saturated heterocycles. The second-order valence-electron chi connectivity index (χ2n) is 4.66. The molecule has 1 aliphatic heterocycles. The summed E-state index contributed by atoms with van der Waals surface area (Å²) in [6, 6.07) is 9.85. The summed E-state index contributed by atoms with van der Waals surface area (Å²) in [7, 11) is 0. The van der Waals surface area contributed by atoms with Gasteiger partial charge in [-0.25, -0.2) is 0 Å². The summed E-state index contributed by atoms with van der Waals surface area (Å²) in [4.78, 5) is 0. The molecule has 1 atom stereocenters. The van der Waals surface area contributed by atoms with Gasteiger partial charge in [-0.15, -0.1) is 0 Å². The molecular weight excluding hydrogens is 250 g/mol. The van der Waals surface area contributed by atoms with Gasteiger partial charge in [0.05, 0.1) is 12.2 Å². The third-order valence-electron chi connectivity index (χ3n) is 3.28. The molecule has 1 N–H and O–H groups in total. The number of piperidine rings is 1. The predicted octanol–water partition coefficient (Wildman–Crippen LogP) is 1.20. The van der Waals surface area contributed by atoms with Crippen LogP contribution in [0.25, 0.3) is 0 Å². The molecule has 0 aromatic heterocycles. The Kier molecular flexibility index (Phi) is 4.88. The Morgan fingerprint density at radius 1 is 1.28 bits per heavy atom. The Bertz CT molecular complexity index is 390. The lowest BCUT2D eigenvalue weighted by Gasteiger charge is -2.38. The Hall–Kier alpha value is -0.750. The highest BCUT2D eigenvalue weighted by molar-refractivity contribution is 7.79. The molecule has 2 rings (SSSR count). The van der Waals surface area contributed by atoms with E-state index in [1.807, 2.05) is 30.3 Å². The summed E-state index contributed by atoms with van der Waals surface area (Å²) in [6.45, 7) is 2.09. The van der Waals surface area contributed by atoms with E-state index in [2.05, 4.69) is 5.32 Å². The van der Waals surface area contributed by atoms with E-state index in [0.29, 0.717) is 6.61 Å². The first kappa shape index (κ1) is 13.7. The molecule has 4 nitrogen and oxygen atoms in total. The van der Waals surface area contributed by atoms with Gasteiger partial charge in [0.2, 0.25) is 0 Å². The minimum Gasteiger partial charge on any atom is -0.772 e. The number of hydrogen-bond donors (Lipinski definition) is 1. The standard InChI is InChI=1S/C13H19NO3S/c15-18(16)11-13(6-8-14-9-7-13)17-10-12-4-2-1-3-5-12/h1-5,14H,6-11H2,(H,15,16)/p-1. The van der Waals surface area contributed by atoms with Gasteiger partial charge in [-0.2, -0.15) is 0 Å². The topological polar surface area (TPSA) is 61.4 Å². The van der Waals surface area contributed by atoms with Crippen LogP contribution in [-0.4, -0.2) is 33.2 Å². The first-order valence-corrected chi connectivity index (χ1v) is 7.39. The van der Waals surface area contributed by atoms with Gasteiger partial charge in [0.15, 0.2) is 0 Å². The van der Waals surface area contributed by atoms with Gasteiger partial charge in [-0.3, -0.25) is 4.21 Å². The summed E-state index contributed by atoms with van der Waals surface area (Å²) in [6.07, 6.45) is 1.49. The van der Waals surface area contributed by atoms with E-state index in [1.165, 1.54) is 0 Å². The van der Waals surface area contributed by atoms with Crippen LogP contribution in [0.4, 0.5) is 0 Å². The molecular formula is C13H18NO3S-. The van der Waals surface area contributed by atoms with Crippen molar-refractivity contribution < 1.29 is 13.5 Å². The van der Waals surface area contributed by atoms with Crippen LogP contribution < -0.4 is 5.32 Å². The van der Waals surface area contributed by atoms with Gasteiger partial charge < -0.3 is 14.6 Å². The number of hydrogen-bond acceptors (Lipinski definition) is 4. The average Bonchev–Trinajstić information content (AvgIpc) is 2.38. The number of benzene rings is 1. The Morgan fingerprint density at radius 3 is 2.56 bits per heavy atom. The molecule has 100 valence electrons. The van der Waals surface area contributed by atoms with E-state index in [0.717, 1.165) is 31.5 Å². The molecule has 0 spiro atoms. The van der Waals surface area contributed by atoms with Gasteiger partial charge in [0.25, 0.3) is 0 Å². The van der Waals surface area contributed by atoms with Gasteiger partial charge in [-0.05, 0) is 31.5 Å². The van der Waals surface area contributed by atoms with Crippen molar-refractivity contribution in [1.29, 1.82) is 0 Å². The van der Waals surface area contributed by atoms with Crippen molar-refractivity contribution in [3.05, 3.63) is 35.9 Å². The van der Waals surface area contributed by atoms with Crippen molar-refractivity contribution in [2.45, 2.75) is 25.0 Å². The molecule has 0 amide bonds. The van der Waals surface area contributed by atoms with Crippen LogP contribution in [0.5, 0.6) is 0 Å². The van der Waals surface area contributed by atoms with Gasteiger partial charge in [0, 0.05) is 5.75 Å². The molecule has 1 heterocycles. The van der Waals surface area contributed by atoms with Crippen molar-refractivity contribution in [3.63, 3.8) is 0 Å². The highest BCUT2D eigenvalue weighted by atomic mass is 32.2. The largest absolute Gasteiger partial charge is 0.772 e. The molecule has 0 radical (unpaired) electrons. The molecule has 0 bridgehead atoms. The van der Waals surface area contributed by atoms with Crippen LogP contribution in [-0.2, 0) is 22.4 Å². The van der Waals surface area contributed by atoms with Gasteiger partial charge in [0.1, 0.15) is 0 Å². The van der Waals surface area contributed by atoms with E-state index in [-0.39, 0.29) is 5.75 Å². The van der Waals surface area contributed by atoms with Crippen molar-refractivity contribution in [2.24, 2.45) is 0 Å². The third kappa shape index (κ3) is 3.88. The first-order chi connectivity index (χ1) is 8.70. The highest BCUT2D eigenvalue weighted by Crippen LogP contribution is 2.25. The van der Waals surface area contributed by atoms with Crippen LogP contribution in [0.1, 0.15) is 18.4 Å². The Labute approximate surface area is 110 Å². The third-order valence-corrected chi connectivity index (χ3v) is 4.05. The minimum absolute atomic E-state index is 0.0848. The fourth-order valence-electron chi connectivity index (χ4n) is 2.24. The maximum atomic E-state index is 11.0. The van der Waals surface area contributed by atoms with Gasteiger partial charge >= 0.3 is 0 Å². The number of rotatable bonds is 5. The zero-order chi connectivity index (χ0) is 12.8. The molecule has 0 saturated carbocycles. The maximum Gasteiger partial charge on any atom is 0.0814 e. The van der Waals surface area contributed by atoms with Gasteiger partial charge in [-0.1, -0.05) is 41.4 Å². The summed E-state index contributed by atoms with van der Waals surface area (Å²) in [5.41, 5.74) is 0.556. The molecule has 18 heavy (non-hydrogen) atoms. The normalized spacial score (nSPS) is 20.5. The van der Waals surface area contributed by atoms with E-state index in [9.17, 15) is 8.76 Å². The molecule has 1 aromatic carbocycles.